The van der Waals surface area contributed by atoms with Crippen molar-refractivity contribution in [2.24, 2.45) is 0 Å². The largest absolute Gasteiger partial charge is 0.388 e. The molecule has 1 N–H and O–H groups in total. The van der Waals surface area contributed by atoms with Crippen LogP contribution in [0.4, 0.5) is 0 Å². The van der Waals surface area contributed by atoms with Crippen LogP contribution in [0.1, 0.15) is 33.2 Å². The van der Waals surface area contributed by atoms with Crippen molar-refractivity contribution in [3.05, 3.63) is 56.8 Å². The summed E-state index contributed by atoms with van der Waals surface area (Å²) in [7, 11) is 0. The lowest BCUT2D eigenvalue weighted by Gasteiger charge is -2.10. The van der Waals surface area contributed by atoms with Gasteiger partial charge in [0.15, 0.2) is 0 Å². The Kier molecular flexibility index (Phi) is 3.65. The Labute approximate surface area is 107 Å². The standard InChI is InChI=1S/C15H18OS/c1-10-4-5-13(6-11(10)2)8-15(16)14-7-12(3)17-9-14/h4-7,9,15-16H,8H2,1-3H3. The minimum absolute atomic E-state index is 0.387. The zero-order chi connectivity index (χ0) is 12.4. The summed E-state index contributed by atoms with van der Waals surface area (Å²) in [5, 5.41) is 12.2. The van der Waals surface area contributed by atoms with Gasteiger partial charge in [0.1, 0.15) is 0 Å². The van der Waals surface area contributed by atoms with Gasteiger partial charge in [-0.1, -0.05) is 18.2 Å². The van der Waals surface area contributed by atoms with E-state index in [-0.39, 0.29) is 6.10 Å². The Morgan fingerprint density at radius 2 is 1.88 bits per heavy atom. The molecule has 0 aliphatic heterocycles. The third-order valence-corrected chi connectivity index (χ3v) is 4.02. The topological polar surface area (TPSA) is 20.2 Å². The van der Waals surface area contributed by atoms with Gasteiger partial charge in [-0.25, -0.2) is 0 Å². The van der Waals surface area contributed by atoms with Crippen LogP contribution in [0, 0.1) is 20.8 Å². The average molecular weight is 246 g/mol. The molecule has 0 amide bonds. The van der Waals surface area contributed by atoms with E-state index >= 15 is 0 Å². The molecule has 0 radical (unpaired) electrons. The van der Waals surface area contributed by atoms with E-state index in [2.05, 4.69) is 45.0 Å². The van der Waals surface area contributed by atoms with Crippen molar-refractivity contribution in [1.29, 1.82) is 0 Å². The van der Waals surface area contributed by atoms with Gasteiger partial charge in [-0.15, -0.1) is 11.3 Å². The summed E-state index contributed by atoms with van der Waals surface area (Å²) in [6, 6.07) is 8.45. The molecule has 0 bridgehead atoms. The second-order valence-electron chi connectivity index (χ2n) is 4.63. The molecule has 1 nitrogen and oxygen atoms in total. The van der Waals surface area contributed by atoms with Crippen molar-refractivity contribution in [1.82, 2.24) is 0 Å². The molecule has 1 unspecified atom stereocenters. The fourth-order valence-electron chi connectivity index (χ4n) is 1.91. The summed E-state index contributed by atoms with van der Waals surface area (Å²) >= 11 is 1.69. The van der Waals surface area contributed by atoms with Crippen LogP contribution >= 0.6 is 11.3 Å². The number of benzene rings is 1. The first-order valence-corrected chi connectivity index (χ1v) is 6.73. The highest BCUT2D eigenvalue weighted by atomic mass is 32.1. The van der Waals surface area contributed by atoms with E-state index in [4.69, 9.17) is 0 Å². The Morgan fingerprint density at radius 3 is 2.47 bits per heavy atom. The number of hydrogen-bond donors (Lipinski definition) is 1. The van der Waals surface area contributed by atoms with Gasteiger partial charge in [0, 0.05) is 11.3 Å². The van der Waals surface area contributed by atoms with Gasteiger partial charge in [0.2, 0.25) is 0 Å². The van der Waals surface area contributed by atoms with Crippen LogP contribution < -0.4 is 0 Å². The molecule has 17 heavy (non-hydrogen) atoms. The van der Waals surface area contributed by atoms with E-state index in [0.29, 0.717) is 6.42 Å². The van der Waals surface area contributed by atoms with Crippen LogP contribution in [0.3, 0.4) is 0 Å². The molecular formula is C15H18OS. The van der Waals surface area contributed by atoms with Crippen LogP contribution in [0.25, 0.3) is 0 Å². The molecule has 90 valence electrons. The SMILES string of the molecule is Cc1cc(C(O)Cc2ccc(C)c(C)c2)cs1. The summed E-state index contributed by atoms with van der Waals surface area (Å²) in [6.07, 6.45) is 0.305. The van der Waals surface area contributed by atoms with Crippen molar-refractivity contribution in [2.75, 3.05) is 0 Å². The van der Waals surface area contributed by atoms with Crippen molar-refractivity contribution < 1.29 is 5.11 Å². The molecule has 1 aromatic carbocycles. The van der Waals surface area contributed by atoms with Crippen LogP contribution in [-0.4, -0.2) is 5.11 Å². The summed E-state index contributed by atoms with van der Waals surface area (Å²) in [5.41, 5.74) is 4.82. The second kappa shape index (κ2) is 5.03. The second-order valence-corrected chi connectivity index (χ2v) is 5.74. The highest BCUT2D eigenvalue weighted by Crippen LogP contribution is 2.24. The summed E-state index contributed by atoms with van der Waals surface area (Å²) in [4.78, 5) is 1.25. The maximum absolute atomic E-state index is 10.2. The van der Waals surface area contributed by atoms with E-state index in [1.165, 1.54) is 21.6 Å². The fraction of sp³-hybridized carbons (Fsp3) is 0.333. The van der Waals surface area contributed by atoms with Gasteiger partial charge >= 0.3 is 0 Å². The molecule has 1 heterocycles. The lowest BCUT2D eigenvalue weighted by Crippen LogP contribution is -2.01. The first kappa shape index (κ1) is 12.3. The summed E-state index contributed by atoms with van der Waals surface area (Å²) in [6.45, 7) is 6.29. The monoisotopic (exact) mass is 246 g/mol. The number of aliphatic hydroxyl groups is 1. The third-order valence-electron chi connectivity index (χ3n) is 3.14. The normalized spacial score (nSPS) is 12.7. The predicted octanol–water partition coefficient (Wildman–Crippen LogP) is 3.95. The van der Waals surface area contributed by atoms with Gasteiger partial charge in [-0.3, -0.25) is 0 Å². The Balaban J connectivity index is 2.12. The number of hydrogen-bond acceptors (Lipinski definition) is 2. The number of aryl methyl sites for hydroxylation is 3. The van der Waals surface area contributed by atoms with Crippen molar-refractivity contribution in [3.63, 3.8) is 0 Å². The van der Waals surface area contributed by atoms with Crippen LogP contribution in [0.5, 0.6) is 0 Å². The molecule has 0 saturated carbocycles. The van der Waals surface area contributed by atoms with E-state index in [0.717, 1.165) is 5.56 Å². The molecule has 0 aliphatic carbocycles. The van der Waals surface area contributed by atoms with E-state index in [1.807, 2.05) is 5.38 Å². The van der Waals surface area contributed by atoms with Crippen LogP contribution in [0.2, 0.25) is 0 Å². The maximum atomic E-state index is 10.2. The van der Waals surface area contributed by atoms with Gasteiger partial charge in [0.05, 0.1) is 6.10 Å². The predicted molar refractivity (Wildman–Crippen MR) is 73.6 cm³/mol. The van der Waals surface area contributed by atoms with Crippen LogP contribution in [-0.2, 0) is 6.42 Å². The van der Waals surface area contributed by atoms with E-state index in [9.17, 15) is 5.11 Å². The van der Waals surface area contributed by atoms with Gasteiger partial charge < -0.3 is 5.11 Å². The number of rotatable bonds is 3. The van der Waals surface area contributed by atoms with E-state index in [1.54, 1.807) is 11.3 Å². The van der Waals surface area contributed by atoms with Crippen molar-refractivity contribution >= 4 is 11.3 Å². The lowest BCUT2D eigenvalue weighted by atomic mass is 10.00. The first-order chi connectivity index (χ1) is 8.06. The number of aliphatic hydroxyl groups excluding tert-OH is 1. The molecule has 0 saturated heterocycles. The minimum Gasteiger partial charge on any atom is -0.388 e. The van der Waals surface area contributed by atoms with Gasteiger partial charge in [-0.2, -0.15) is 0 Å². The highest BCUT2D eigenvalue weighted by molar-refractivity contribution is 7.10. The summed E-state index contributed by atoms with van der Waals surface area (Å²) < 4.78 is 0. The minimum atomic E-state index is -0.387. The molecule has 0 spiro atoms. The Morgan fingerprint density at radius 1 is 1.12 bits per heavy atom. The molecule has 2 rings (SSSR count). The van der Waals surface area contributed by atoms with E-state index < -0.39 is 0 Å². The highest BCUT2D eigenvalue weighted by Gasteiger charge is 2.10. The smallest absolute Gasteiger partial charge is 0.0838 e. The average Bonchev–Trinajstić information content (AvgIpc) is 2.70. The summed E-state index contributed by atoms with van der Waals surface area (Å²) in [5.74, 6) is 0. The third kappa shape index (κ3) is 2.96. The van der Waals surface area contributed by atoms with Gasteiger partial charge in [-0.05, 0) is 54.5 Å². The van der Waals surface area contributed by atoms with Crippen molar-refractivity contribution in [2.45, 2.75) is 33.3 Å². The molecule has 1 atom stereocenters. The molecule has 1 aromatic heterocycles. The maximum Gasteiger partial charge on any atom is 0.0838 e. The molecule has 2 heteroatoms. The Hall–Kier alpha value is -1.12. The molecule has 0 fully saturated rings. The molecular weight excluding hydrogens is 228 g/mol. The van der Waals surface area contributed by atoms with Crippen molar-refractivity contribution in [3.8, 4) is 0 Å². The van der Waals surface area contributed by atoms with Gasteiger partial charge in [0.25, 0.3) is 0 Å². The zero-order valence-electron chi connectivity index (χ0n) is 10.5. The van der Waals surface area contributed by atoms with Crippen LogP contribution in [0.15, 0.2) is 29.6 Å². The molecule has 0 aliphatic rings. The zero-order valence-corrected chi connectivity index (χ0v) is 11.3. The number of thiophene rings is 1. The molecule has 2 aromatic rings. The Bertz CT molecular complexity index is 513. The first-order valence-electron chi connectivity index (χ1n) is 5.85. The fourth-order valence-corrected chi connectivity index (χ4v) is 2.66. The lowest BCUT2D eigenvalue weighted by molar-refractivity contribution is 0.179. The quantitative estimate of drug-likeness (QED) is 0.869.